The second-order valence-electron chi connectivity index (χ2n) is 5.97. The molecule has 5 nitrogen and oxygen atoms in total. The number of nitrogens with one attached hydrogen (secondary N) is 1. The molecule has 0 spiro atoms. The normalized spacial score (nSPS) is 10.7. The molecule has 3 rings (SSSR count). The van der Waals surface area contributed by atoms with Crippen molar-refractivity contribution in [1.29, 1.82) is 0 Å². The molecule has 0 radical (unpaired) electrons. The Bertz CT molecular complexity index is 1010. The lowest BCUT2D eigenvalue weighted by Gasteiger charge is -2.15. The monoisotopic (exact) mass is 336 g/mol. The molecule has 0 unspecified atom stereocenters. The third-order valence-electron chi connectivity index (χ3n) is 4.22. The second-order valence-corrected chi connectivity index (χ2v) is 5.97. The summed E-state index contributed by atoms with van der Waals surface area (Å²) < 4.78 is 6.76. The van der Waals surface area contributed by atoms with E-state index in [-0.39, 0.29) is 18.0 Å². The van der Waals surface area contributed by atoms with Crippen LogP contribution in [0.4, 0.5) is 5.69 Å². The van der Waals surface area contributed by atoms with Gasteiger partial charge in [0.25, 0.3) is 5.56 Å². The first-order chi connectivity index (χ1) is 12.0. The third-order valence-corrected chi connectivity index (χ3v) is 4.22. The van der Waals surface area contributed by atoms with Crippen LogP contribution in [0.2, 0.25) is 0 Å². The standard InChI is InChI=1S/C20H20N2O3/c1-13-7-6-8-15-14(2)11-19(24)22(20(13)15)12-18(23)21-16-9-4-5-10-17(16)25-3/h4-11H,12H2,1-3H3,(H,21,23). The summed E-state index contributed by atoms with van der Waals surface area (Å²) in [4.78, 5) is 25.0. The lowest BCUT2D eigenvalue weighted by Crippen LogP contribution is -2.28. The van der Waals surface area contributed by atoms with E-state index in [1.54, 1.807) is 25.3 Å². The number of aromatic nitrogens is 1. The van der Waals surface area contributed by atoms with Crippen LogP contribution in [0.3, 0.4) is 0 Å². The van der Waals surface area contributed by atoms with Crippen molar-refractivity contribution < 1.29 is 9.53 Å². The van der Waals surface area contributed by atoms with Crippen molar-refractivity contribution in [3.05, 3.63) is 70.0 Å². The number of rotatable bonds is 4. The summed E-state index contributed by atoms with van der Waals surface area (Å²) in [7, 11) is 1.55. The minimum absolute atomic E-state index is 0.0570. The smallest absolute Gasteiger partial charge is 0.251 e. The molecule has 128 valence electrons. The van der Waals surface area contributed by atoms with Crippen molar-refractivity contribution in [3.8, 4) is 5.75 Å². The fraction of sp³-hybridized carbons (Fsp3) is 0.200. The highest BCUT2D eigenvalue weighted by Crippen LogP contribution is 2.23. The topological polar surface area (TPSA) is 60.3 Å². The molecule has 0 bridgehead atoms. The molecule has 1 heterocycles. The number of methoxy groups -OCH3 is 1. The van der Waals surface area contributed by atoms with Crippen LogP contribution in [-0.2, 0) is 11.3 Å². The molecule has 1 amide bonds. The molecular formula is C20H20N2O3. The van der Waals surface area contributed by atoms with Crippen molar-refractivity contribution in [2.75, 3.05) is 12.4 Å². The van der Waals surface area contributed by atoms with Gasteiger partial charge in [0.1, 0.15) is 12.3 Å². The Labute approximate surface area is 145 Å². The molecule has 3 aromatic rings. The molecule has 2 aromatic carbocycles. The summed E-state index contributed by atoms with van der Waals surface area (Å²) in [6.07, 6.45) is 0. The van der Waals surface area contributed by atoms with Crippen molar-refractivity contribution in [3.63, 3.8) is 0 Å². The maximum atomic E-state index is 12.5. The van der Waals surface area contributed by atoms with Gasteiger partial charge in [-0.3, -0.25) is 14.2 Å². The molecular weight excluding hydrogens is 316 g/mol. The third kappa shape index (κ3) is 3.26. The van der Waals surface area contributed by atoms with Gasteiger partial charge < -0.3 is 10.1 Å². The van der Waals surface area contributed by atoms with E-state index in [1.807, 2.05) is 44.2 Å². The van der Waals surface area contributed by atoms with Crippen LogP contribution in [0.5, 0.6) is 5.75 Å². The van der Waals surface area contributed by atoms with E-state index >= 15 is 0 Å². The van der Waals surface area contributed by atoms with E-state index in [0.717, 1.165) is 22.0 Å². The van der Waals surface area contributed by atoms with E-state index in [9.17, 15) is 9.59 Å². The highest BCUT2D eigenvalue weighted by atomic mass is 16.5. The molecule has 1 N–H and O–H groups in total. The maximum Gasteiger partial charge on any atom is 0.251 e. The van der Waals surface area contributed by atoms with Gasteiger partial charge in [-0.25, -0.2) is 0 Å². The van der Waals surface area contributed by atoms with Crippen LogP contribution < -0.4 is 15.6 Å². The van der Waals surface area contributed by atoms with Crippen molar-refractivity contribution in [2.24, 2.45) is 0 Å². The number of amides is 1. The Morgan fingerprint density at radius 3 is 2.60 bits per heavy atom. The van der Waals surface area contributed by atoms with Crippen LogP contribution in [0.1, 0.15) is 11.1 Å². The van der Waals surface area contributed by atoms with Gasteiger partial charge in [0, 0.05) is 11.5 Å². The van der Waals surface area contributed by atoms with Crippen molar-refractivity contribution in [1.82, 2.24) is 4.57 Å². The Morgan fingerprint density at radius 2 is 1.84 bits per heavy atom. The predicted molar refractivity (Wildman–Crippen MR) is 99.3 cm³/mol. The summed E-state index contributed by atoms with van der Waals surface area (Å²) >= 11 is 0. The summed E-state index contributed by atoms with van der Waals surface area (Å²) in [6.45, 7) is 3.79. The Balaban J connectivity index is 1.98. The van der Waals surface area contributed by atoms with E-state index in [4.69, 9.17) is 4.74 Å². The zero-order chi connectivity index (χ0) is 18.0. The molecule has 0 aliphatic heterocycles. The lowest BCUT2D eigenvalue weighted by molar-refractivity contribution is -0.116. The molecule has 5 heteroatoms. The number of nitrogens with zero attached hydrogens (tertiary/aromatic N) is 1. The van der Waals surface area contributed by atoms with E-state index < -0.39 is 0 Å². The number of fused-ring (bicyclic) bond motifs is 1. The number of hydrogen-bond donors (Lipinski definition) is 1. The van der Waals surface area contributed by atoms with Crippen LogP contribution in [-0.4, -0.2) is 17.6 Å². The predicted octanol–water partition coefficient (Wildman–Crippen LogP) is 3.27. The van der Waals surface area contributed by atoms with Gasteiger partial charge in [-0.1, -0.05) is 30.3 Å². The van der Waals surface area contributed by atoms with Gasteiger partial charge in [-0.15, -0.1) is 0 Å². The lowest BCUT2D eigenvalue weighted by atomic mass is 10.1. The fourth-order valence-corrected chi connectivity index (χ4v) is 3.02. The molecule has 0 saturated heterocycles. The summed E-state index contributed by atoms with van der Waals surface area (Å²) in [5.41, 5.74) is 3.06. The summed E-state index contributed by atoms with van der Waals surface area (Å²) in [6, 6.07) is 14.6. The first-order valence-corrected chi connectivity index (χ1v) is 8.04. The van der Waals surface area contributed by atoms with Crippen LogP contribution in [0.15, 0.2) is 53.3 Å². The molecule has 0 atom stereocenters. The minimum Gasteiger partial charge on any atom is -0.495 e. The number of pyridine rings is 1. The van der Waals surface area contributed by atoms with Gasteiger partial charge in [-0.2, -0.15) is 0 Å². The van der Waals surface area contributed by atoms with Crippen molar-refractivity contribution in [2.45, 2.75) is 20.4 Å². The average Bonchev–Trinajstić information content (AvgIpc) is 2.59. The van der Waals surface area contributed by atoms with Gasteiger partial charge in [0.15, 0.2) is 0 Å². The van der Waals surface area contributed by atoms with Crippen LogP contribution in [0, 0.1) is 13.8 Å². The number of hydrogen-bond acceptors (Lipinski definition) is 3. The molecule has 0 aliphatic carbocycles. The zero-order valence-corrected chi connectivity index (χ0v) is 14.5. The van der Waals surface area contributed by atoms with E-state index in [1.165, 1.54) is 4.57 Å². The maximum absolute atomic E-state index is 12.5. The first-order valence-electron chi connectivity index (χ1n) is 8.04. The number of carbonyl (C=O) groups is 1. The quantitative estimate of drug-likeness (QED) is 0.795. The Hall–Kier alpha value is -3.08. The molecule has 1 aromatic heterocycles. The molecule has 25 heavy (non-hydrogen) atoms. The van der Waals surface area contributed by atoms with Gasteiger partial charge in [0.2, 0.25) is 5.91 Å². The fourth-order valence-electron chi connectivity index (χ4n) is 3.02. The van der Waals surface area contributed by atoms with Gasteiger partial charge in [-0.05, 0) is 37.1 Å². The Morgan fingerprint density at radius 1 is 1.08 bits per heavy atom. The van der Waals surface area contributed by atoms with E-state index in [2.05, 4.69) is 5.32 Å². The average molecular weight is 336 g/mol. The van der Waals surface area contributed by atoms with Gasteiger partial charge >= 0.3 is 0 Å². The number of carbonyl (C=O) groups excluding carboxylic acids is 1. The van der Waals surface area contributed by atoms with Crippen molar-refractivity contribution >= 4 is 22.5 Å². The van der Waals surface area contributed by atoms with Crippen LogP contribution >= 0.6 is 0 Å². The molecule has 0 saturated carbocycles. The second kappa shape index (κ2) is 6.81. The SMILES string of the molecule is COc1ccccc1NC(=O)Cn1c(=O)cc(C)c2cccc(C)c21. The minimum atomic E-state index is -0.278. The Kier molecular flexibility index (Phi) is 4.57. The van der Waals surface area contributed by atoms with Gasteiger partial charge in [0.05, 0.1) is 18.3 Å². The van der Waals surface area contributed by atoms with E-state index in [0.29, 0.717) is 11.4 Å². The number of ether oxygens (including phenoxy) is 1. The number of aryl methyl sites for hydroxylation is 2. The zero-order valence-electron chi connectivity index (χ0n) is 14.5. The largest absolute Gasteiger partial charge is 0.495 e. The summed E-state index contributed by atoms with van der Waals surface area (Å²) in [5.74, 6) is 0.299. The number of anilines is 1. The van der Waals surface area contributed by atoms with Crippen LogP contribution in [0.25, 0.3) is 10.9 Å². The molecule has 0 fully saturated rings. The number of benzene rings is 2. The number of para-hydroxylation sites is 3. The first kappa shape index (κ1) is 16.8. The highest BCUT2D eigenvalue weighted by Gasteiger charge is 2.13. The molecule has 0 aliphatic rings. The highest BCUT2D eigenvalue weighted by molar-refractivity contribution is 5.93. The summed E-state index contributed by atoms with van der Waals surface area (Å²) in [5, 5.41) is 3.79.